The smallest absolute Gasteiger partial charge is 0.191 e. The molecular formula is C16H22ClIN4OS. The van der Waals surface area contributed by atoms with Crippen LogP contribution in [-0.2, 0) is 6.54 Å². The minimum absolute atomic E-state index is 0. The second-order valence-electron chi connectivity index (χ2n) is 5.01. The van der Waals surface area contributed by atoms with Crippen LogP contribution in [0.5, 0.6) is 0 Å². The van der Waals surface area contributed by atoms with E-state index in [4.69, 9.17) is 11.6 Å². The van der Waals surface area contributed by atoms with Gasteiger partial charge >= 0.3 is 0 Å². The van der Waals surface area contributed by atoms with Crippen molar-refractivity contribution in [1.82, 2.24) is 15.6 Å². The van der Waals surface area contributed by atoms with Gasteiger partial charge in [-0.1, -0.05) is 23.7 Å². The summed E-state index contributed by atoms with van der Waals surface area (Å²) in [4.78, 5) is 9.95. The van der Waals surface area contributed by atoms with Gasteiger partial charge in [-0.25, -0.2) is 9.98 Å². The van der Waals surface area contributed by atoms with Gasteiger partial charge in [0.15, 0.2) is 5.96 Å². The number of rotatable bonds is 6. The molecule has 2 aromatic rings. The average Bonchev–Trinajstić information content (AvgIpc) is 2.96. The number of aliphatic imine (C=N–C) groups is 1. The average molecular weight is 481 g/mol. The standard InChI is InChI=1S/C16H21ClN4OS.HI/c1-3-18-16(21-10-15-19-8-11(2)23-15)20-9-14(22)12-4-6-13(17)7-5-12;/h4-8,14,22H,3,9-10H2,1-2H3,(H2,18,20,21);1H. The number of halogens is 2. The van der Waals surface area contributed by atoms with Crippen molar-refractivity contribution in [3.05, 3.63) is 50.9 Å². The third-order valence-electron chi connectivity index (χ3n) is 3.10. The Morgan fingerprint density at radius 3 is 2.62 bits per heavy atom. The Morgan fingerprint density at radius 2 is 2.04 bits per heavy atom. The molecule has 132 valence electrons. The molecule has 0 aliphatic rings. The normalized spacial score (nSPS) is 12.4. The molecule has 24 heavy (non-hydrogen) atoms. The summed E-state index contributed by atoms with van der Waals surface area (Å²) in [5, 5.41) is 18.1. The molecule has 1 atom stereocenters. The van der Waals surface area contributed by atoms with Crippen LogP contribution in [0.1, 0.15) is 28.5 Å². The number of hydrogen-bond donors (Lipinski definition) is 3. The van der Waals surface area contributed by atoms with Crippen molar-refractivity contribution in [3.63, 3.8) is 0 Å². The molecule has 8 heteroatoms. The van der Waals surface area contributed by atoms with Crippen LogP contribution < -0.4 is 10.6 Å². The van der Waals surface area contributed by atoms with Gasteiger partial charge in [-0.2, -0.15) is 0 Å². The molecule has 3 N–H and O–H groups in total. The fourth-order valence-corrected chi connectivity index (χ4v) is 2.80. The maximum atomic E-state index is 10.2. The van der Waals surface area contributed by atoms with E-state index in [-0.39, 0.29) is 24.0 Å². The maximum Gasteiger partial charge on any atom is 0.191 e. The third-order valence-corrected chi connectivity index (χ3v) is 4.25. The molecule has 0 saturated heterocycles. The first-order valence-corrected chi connectivity index (χ1v) is 8.65. The molecular weight excluding hydrogens is 459 g/mol. The predicted molar refractivity (Wildman–Crippen MR) is 111 cm³/mol. The number of aromatic nitrogens is 1. The predicted octanol–water partition coefficient (Wildman–Crippen LogP) is 3.51. The zero-order valence-corrected chi connectivity index (χ0v) is 17.5. The van der Waals surface area contributed by atoms with Crippen molar-refractivity contribution >= 4 is 52.9 Å². The minimum atomic E-state index is -0.627. The molecule has 0 aliphatic carbocycles. The summed E-state index contributed by atoms with van der Waals surface area (Å²) in [5.74, 6) is 0.661. The van der Waals surface area contributed by atoms with E-state index in [1.165, 1.54) is 4.88 Å². The number of benzene rings is 1. The summed E-state index contributed by atoms with van der Waals surface area (Å²) in [7, 11) is 0. The SMILES string of the molecule is CCNC(=NCc1ncc(C)s1)NCC(O)c1ccc(Cl)cc1.I. The number of thiazole rings is 1. The Kier molecular flexibility index (Phi) is 9.57. The van der Waals surface area contributed by atoms with Crippen molar-refractivity contribution in [2.75, 3.05) is 13.1 Å². The molecule has 0 fully saturated rings. The van der Waals surface area contributed by atoms with Gasteiger partial charge in [0, 0.05) is 29.2 Å². The van der Waals surface area contributed by atoms with Crippen LogP contribution in [0.15, 0.2) is 35.5 Å². The number of aryl methyl sites for hydroxylation is 1. The number of aliphatic hydroxyl groups is 1. The van der Waals surface area contributed by atoms with Crippen molar-refractivity contribution in [3.8, 4) is 0 Å². The number of nitrogens with one attached hydrogen (secondary N) is 2. The second-order valence-corrected chi connectivity index (χ2v) is 6.76. The van der Waals surface area contributed by atoms with Crippen LogP contribution in [0.2, 0.25) is 5.02 Å². The fraction of sp³-hybridized carbons (Fsp3) is 0.375. The summed E-state index contributed by atoms with van der Waals surface area (Å²) in [6.07, 6.45) is 1.22. The molecule has 1 heterocycles. The van der Waals surface area contributed by atoms with E-state index in [1.807, 2.05) is 32.2 Å². The van der Waals surface area contributed by atoms with Crippen molar-refractivity contribution in [1.29, 1.82) is 0 Å². The highest BCUT2D eigenvalue weighted by Crippen LogP contribution is 2.16. The van der Waals surface area contributed by atoms with Crippen LogP contribution in [-0.4, -0.2) is 29.1 Å². The molecule has 0 aliphatic heterocycles. The monoisotopic (exact) mass is 480 g/mol. The van der Waals surface area contributed by atoms with Crippen LogP contribution in [0.4, 0.5) is 0 Å². The van der Waals surface area contributed by atoms with Crippen LogP contribution in [0, 0.1) is 6.92 Å². The fourth-order valence-electron chi connectivity index (χ4n) is 1.96. The Balaban J connectivity index is 0.00000288. The summed E-state index contributed by atoms with van der Waals surface area (Å²) >= 11 is 7.49. The van der Waals surface area contributed by atoms with Gasteiger partial charge in [0.05, 0.1) is 12.6 Å². The first kappa shape index (κ1) is 21.1. The molecule has 1 aromatic heterocycles. The minimum Gasteiger partial charge on any atom is -0.387 e. The van der Waals surface area contributed by atoms with Gasteiger partial charge in [-0.3, -0.25) is 0 Å². The lowest BCUT2D eigenvalue weighted by Crippen LogP contribution is -2.39. The van der Waals surface area contributed by atoms with E-state index >= 15 is 0 Å². The molecule has 5 nitrogen and oxygen atoms in total. The molecule has 1 unspecified atom stereocenters. The highest BCUT2D eigenvalue weighted by Gasteiger charge is 2.08. The third kappa shape index (κ3) is 6.92. The van der Waals surface area contributed by atoms with Crippen molar-refractivity contribution in [2.45, 2.75) is 26.5 Å². The maximum absolute atomic E-state index is 10.2. The Labute approximate surface area is 168 Å². The largest absolute Gasteiger partial charge is 0.387 e. The van der Waals surface area contributed by atoms with Gasteiger partial charge in [0.1, 0.15) is 5.01 Å². The van der Waals surface area contributed by atoms with Gasteiger partial charge < -0.3 is 15.7 Å². The quantitative estimate of drug-likeness (QED) is 0.336. The van der Waals surface area contributed by atoms with Crippen LogP contribution in [0.3, 0.4) is 0 Å². The lowest BCUT2D eigenvalue weighted by molar-refractivity contribution is 0.181. The van der Waals surface area contributed by atoms with E-state index in [2.05, 4.69) is 20.6 Å². The molecule has 0 amide bonds. The second kappa shape index (κ2) is 10.9. The van der Waals surface area contributed by atoms with Crippen LogP contribution in [0.25, 0.3) is 0 Å². The Morgan fingerprint density at radius 1 is 1.33 bits per heavy atom. The topological polar surface area (TPSA) is 69.5 Å². The van der Waals surface area contributed by atoms with Gasteiger partial charge in [-0.15, -0.1) is 35.3 Å². The molecule has 2 rings (SSSR count). The highest BCUT2D eigenvalue weighted by atomic mass is 127. The lowest BCUT2D eigenvalue weighted by Gasteiger charge is -2.15. The number of guanidine groups is 1. The number of hydrogen-bond acceptors (Lipinski definition) is 4. The van der Waals surface area contributed by atoms with E-state index in [0.717, 1.165) is 17.1 Å². The van der Waals surface area contributed by atoms with Gasteiger partial charge in [-0.05, 0) is 31.5 Å². The van der Waals surface area contributed by atoms with Crippen LogP contribution >= 0.6 is 46.9 Å². The Hall–Kier alpha value is -0.900. The van der Waals surface area contributed by atoms with E-state index < -0.39 is 6.10 Å². The molecule has 0 saturated carbocycles. The van der Waals surface area contributed by atoms with E-state index in [1.54, 1.807) is 23.5 Å². The molecule has 1 aromatic carbocycles. The lowest BCUT2D eigenvalue weighted by atomic mass is 10.1. The zero-order chi connectivity index (χ0) is 16.7. The summed E-state index contributed by atoms with van der Waals surface area (Å²) in [6, 6.07) is 7.17. The summed E-state index contributed by atoms with van der Waals surface area (Å²) < 4.78 is 0. The van der Waals surface area contributed by atoms with E-state index in [9.17, 15) is 5.11 Å². The first-order chi connectivity index (χ1) is 11.1. The zero-order valence-electron chi connectivity index (χ0n) is 13.6. The number of nitrogens with zero attached hydrogens (tertiary/aromatic N) is 2. The van der Waals surface area contributed by atoms with E-state index in [0.29, 0.717) is 24.1 Å². The first-order valence-electron chi connectivity index (χ1n) is 7.45. The Bertz CT molecular complexity index is 648. The summed E-state index contributed by atoms with van der Waals surface area (Å²) in [5.41, 5.74) is 0.813. The number of aliphatic hydroxyl groups excluding tert-OH is 1. The van der Waals surface area contributed by atoms with Crippen molar-refractivity contribution in [2.24, 2.45) is 4.99 Å². The van der Waals surface area contributed by atoms with Gasteiger partial charge in [0.2, 0.25) is 0 Å². The summed E-state index contributed by atoms with van der Waals surface area (Å²) in [6.45, 7) is 5.66. The van der Waals surface area contributed by atoms with Crippen molar-refractivity contribution < 1.29 is 5.11 Å². The molecule has 0 spiro atoms. The highest BCUT2D eigenvalue weighted by molar-refractivity contribution is 14.0. The molecule has 0 radical (unpaired) electrons. The van der Waals surface area contributed by atoms with Gasteiger partial charge in [0.25, 0.3) is 0 Å². The molecule has 0 bridgehead atoms.